The first-order valence-corrected chi connectivity index (χ1v) is 6.60. The molecule has 1 heterocycles. The molecule has 1 saturated heterocycles. The van der Waals surface area contributed by atoms with Crippen molar-refractivity contribution < 1.29 is 0 Å². The first kappa shape index (κ1) is 11.0. The third-order valence-electron chi connectivity index (χ3n) is 4.71. The molecule has 1 aromatic rings. The predicted molar refractivity (Wildman–Crippen MR) is 73.2 cm³/mol. The van der Waals surface area contributed by atoms with E-state index in [4.69, 9.17) is 0 Å². The maximum absolute atomic E-state index is 4.12. The second-order valence-corrected chi connectivity index (χ2v) is 5.99. The van der Waals surface area contributed by atoms with Crippen molar-refractivity contribution in [2.75, 3.05) is 13.1 Å². The maximum atomic E-state index is 4.12. The Hall–Kier alpha value is -1.08. The van der Waals surface area contributed by atoms with Gasteiger partial charge in [0.25, 0.3) is 0 Å². The van der Waals surface area contributed by atoms with Crippen molar-refractivity contribution >= 4 is 5.57 Å². The van der Waals surface area contributed by atoms with Crippen LogP contribution in [0.3, 0.4) is 0 Å². The molecule has 0 unspecified atom stereocenters. The summed E-state index contributed by atoms with van der Waals surface area (Å²) < 4.78 is 0. The zero-order valence-corrected chi connectivity index (χ0v) is 10.8. The third-order valence-corrected chi connectivity index (χ3v) is 4.71. The van der Waals surface area contributed by atoms with Crippen LogP contribution in [0.2, 0.25) is 0 Å². The lowest BCUT2D eigenvalue weighted by Gasteiger charge is -2.37. The highest BCUT2D eigenvalue weighted by atomic mass is 14.9. The molecule has 0 radical (unpaired) electrons. The normalized spacial score (nSPS) is 30.8. The van der Waals surface area contributed by atoms with Crippen molar-refractivity contribution in [3.63, 3.8) is 0 Å². The first-order valence-electron chi connectivity index (χ1n) is 6.60. The fraction of sp³-hybridized carbons (Fsp3) is 0.500. The highest BCUT2D eigenvalue weighted by Gasteiger charge is 2.43. The number of fused-ring (bicyclic) bond motifs is 3. The number of hydrogen-bond donors (Lipinski definition) is 1. The Morgan fingerprint density at radius 2 is 2.29 bits per heavy atom. The molecule has 1 heteroatoms. The fourth-order valence-electron chi connectivity index (χ4n) is 3.64. The van der Waals surface area contributed by atoms with Crippen molar-refractivity contribution in [1.29, 1.82) is 0 Å². The monoisotopic (exact) mass is 227 g/mol. The minimum atomic E-state index is 0.473. The van der Waals surface area contributed by atoms with E-state index in [0.717, 1.165) is 6.54 Å². The molecule has 1 N–H and O–H groups in total. The molecule has 1 aliphatic carbocycles. The summed E-state index contributed by atoms with van der Waals surface area (Å²) in [5.74, 6) is 0.700. The largest absolute Gasteiger partial charge is 0.316 e. The van der Waals surface area contributed by atoms with Crippen LogP contribution < -0.4 is 5.32 Å². The summed E-state index contributed by atoms with van der Waals surface area (Å²) in [6.07, 6.45) is 2.52. The van der Waals surface area contributed by atoms with Crippen LogP contribution in [0.5, 0.6) is 0 Å². The van der Waals surface area contributed by atoms with Crippen molar-refractivity contribution in [1.82, 2.24) is 5.32 Å². The van der Waals surface area contributed by atoms with Gasteiger partial charge in [-0.15, -0.1) is 0 Å². The summed E-state index contributed by atoms with van der Waals surface area (Å²) >= 11 is 0. The van der Waals surface area contributed by atoms with Gasteiger partial charge in [0, 0.05) is 19.0 Å². The van der Waals surface area contributed by atoms with Crippen LogP contribution in [0, 0.1) is 5.41 Å². The Balaban J connectivity index is 2.13. The molecule has 1 aromatic carbocycles. The Morgan fingerprint density at radius 3 is 3.06 bits per heavy atom. The molecule has 2 atom stereocenters. The Kier molecular flexibility index (Phi) is 2.41. The van der Waals surface area contributed by atoms with Gasteiger partial charge in [0.15, 0.2) is 0 Å². The van der Waals surface area contributed by atoms with E-state index in [1.165, 1.54) is 30.5 Å². The molecular formula is C16H21N. The molecule has 17 heavy (non-hydrogen) atoms. The van der Waals surface area contributed by atoms with Crippen LogP contribution in [0.1, 0.15) is 42.9 Å². The van der Waals surface area contributed by atoms with Crippen LogP contribution in [0.4, 0.5) is 0 Å². The minimum absolute atomic E-state index is 0.473. The SMILES string of the molecule is C=C(C)c1cccc2c1CC[C@]1(C)CNC[C@@H]21. The zero-order chi connectivity index (χ0) is 12.0. The van der Waals surface area contributed by atoms with Crippen LogP contribution in [0.25, 0.3) is 5.57 Å². The second-order valence-electron chi connectivity index (χ2n) is 5.99. The number of hydrogen-bond acceptors (Lipinski definition) is 1. The lowest BCUT2D eigenvalue weighted by atomic mass is 9.66. The van der Waals surface area contributed by atoms with Crippen molar-refractivity contribution in [3.8, 4) is 0 Å². The summed E-state index contributed by atoms with van der Waals surface area (Å²) in [5, 5.41) is 3.57. The van der Waals surface area contributed by atoms with Gasteiger partial charge in [-0.1, -0.05) is 37.3 Å². The van der Waals surface area contributed by atoms with E-state index in [9.17, 15) is 0 Å². The molecule has 0 aromatic heterocycles. The highest BCUT2D eigenvalue weighted by molar-refractivity contribution is 5.66. The van der Waals surface area contributed by atoms with Crippen LogP contribution in [-0.2, 0) is 6.42 Å². The van der Waals surface area contributed by atoms with Gasteiger partial charge in [-0.25, -0.2) is 0 Å². The summed E-state index contributed by atoms with van der Waals surface area (Å²) in [6, 6.07) is 6.76. The van der Waals surface area contributed by atoms with Gasteiger partial charge in [-0.2, -0.15) is 0 Å². The van der Waals surface area contributed by atoms with Gasteiger partial charge in [0.2, 0.25) is 0 Å². The molecule has 1 fully saturated rings. The summed E-state index contributed by atoms with van der Waals surface area (Å²) in [5.41, 5.74) is 6.20. The van der Waals surface area contributed by atoms with Crippen molar-refractivity contribution in [2.45, 2.75) is 32.6 Å². The van der Waals surface area contributed by atoms with E-state index in [0.29, 0.717) is 11.3 Å². The maximum Gasteiger partial charge on any atom is 0.00324 e. The molecule has 3 rings (SSSR count). The lowest BCUT2D eigenvalue weighted by molar-refractivity contribution is 0.277. The Morgan fingerprint density at radius 1 is 1.47 bits per heavy atom. The smallest absolute Gasteiger partial charge is 0.00324 e. The van der Waals surface area contributed by atoms with Crippen LogP contribution >= 0.6 is 0 Å². The molecule has 0 saturated carbocycles. The molecule has 0 amide bonds. The van der Waals surface area contributed by atoms with Gasteiger partial charge >= 0.3 is 0 Å². The van der Waals surface area contributed by atoms with E-state index in [1.807, 2.05) is 0 Å². The molecule has 90 valence electrons. The molecule has 0 spiro atoms. The second kappa shape index (κ2) is 3.71. The molecule has 0 bridgehead atoms. The molecule has 1 nitrogen and oxygen atoms in total. The summed E-state index contributed by atoms with van der Waals surface area (Å²) in [4.78, 5) is 0. The third kappa shape index (κ3) is 1.56. The average molecular weight is 227 g/mol. The van der Waals surface area contributed by atoms with Gasteiger partial charge in [0.05, 0.1) is 0 Å². The number of allylic oxidation sites excluding steroid dienone is 1. The molecule has 1 aliphatic heterocycles. The number of benzene rings is 1. The summed E-state index contributed by atoms with van der Waals surface area (Å²) in [7, 11) is 0. The minimum Gasteiger partial charge on any atom is -0.316 e. The van der Waals surface area contributed by atoms with Gasteiger partial charge in [-0.05, 0) is 41.9 Å². The fourth-order valence-corrected chi connectivity index (χ4v) is 3.64. The van der Waals surface area contributed by atoms with E-state index >= 15 is 0 Å². The average Bonchev–Trinajstić information content (AvgIpc) is 2.70. The van der Waals surface area contributed by atoms with Crippen molar-refractivity contribution in [2.24, 2.45) is 5.41 Å². The highest BCUT2D eigenvalue weighted by Crippen LogP contribution is 2.48. The van der Waals surface area contributed by atoms with Gasteiger partial charge < -0.3 is 5.32 Å². The van der Waals surface area contributed by atoms with Crippen LogP contribution in [0.15, 0.2) is 24.8 Å². The van der Waals surface area contributed by atoms with E-state index in [2.05, 4.69) is 43.9 Å². The van der Waals surface area contributed by atoms with Crippen LogP contribution in [-0.4, -0.2) is 13.1 Å². The Bertz CT molecular complexity index is 474. The van der Waals surface area contributed by atoms with Gasteiger partial charge in [0.1, 0.15) is 0 Å². The van der Waals surface area contributed by atoms with E-state index < -0.39 is 0 Å². The van der Waals surface area contributed by atoms with E-state index in [1.54, 1.807) is 11.1 Å². The zero-order valence-electron chi connectivity index (χ0n) is 10.8. The summed E-state index contributed by atoms with van der Waals surface area (Å²) in [6.45, 7) is 11.0. The van der Waals surface area contributed by atoms with Gasteiger partial charge in [-0.3, -0.25) is 0 Å². The standard InChI is InChI=1S/C16H21N/c1-11(2)12-5-4-6-14-13(12)7-8-16(3)10-17-9-15(14)16/h4-6,15,17H,1,7-10H2,2-3H3/t15-,16+/m0/s1. The van der Waals surface area contributed by atoms with E-state index in [-0.39, 0.29) is 0 Å². The number of nitrogens with one attached hydrogen (secondary N) is 1. The lowest BCUT2D eigenvalue weighted by Crippen LogP contribution is -2.30. The molecular weight excluding hydrogens is 206 g/mol. The predicted octanol–water partition coefficient (Wildman–Crippen LogP) is 3.36. The topological polar surface area (TPSA) is 12.0 Å². The Labute approximate surface area is 104 Å². The number of rotatable bonds is 1. The van der Waals surface area contributed by atoms with Crippen molar-refractivity contribution in [3.05, 3.63) is 41.5 Å². The quantitative estimate of drug-likeness (QED) is 0.775. The first-order chi connectivity index (χ1) is 8.12. The molecule has 2 aliphatic rings.